The third kappa shape index (κ3) is 3.38. The predicted molar refractivity (Wildman–Crippen MR) is 114 cm³/mol. The molecule has 2 aromatic heterocycles. The minimum absolute atomic E-state index is 0.104. The molecule has 30 heavy (non-hydrogen) atoms. The number of hydrogen-bond donors (Lipinski definition) is 1. The van der Waals surface area contributed by atoms with E-state index < -0.39 is 0 Å². The van der Waals surface area contributed by atoms with Crippen LogP contribution in [0.1, 0.15) is 68.8 Å². The molecule has 0 radical (unpaired) electrons. The molecule has 2 saturated carbocycles. The van der Waals surface area contributed by atoms with E-state index in [1.807, 2.05) is 14.1 Å². The van der Waals surface area contributed by atoms with Crippen LogP contribution in [0.3, 0.4) is 0 Å². The molecule has 9 heteroatoms. The van der Waals surface area contributed by atoms with E-state index in [4.69, 9.17) is 9.84 Å². The molecule has 0 saturated heterocycles. The highest BCUT2D eigenvalue weighted by Crippen LogP contribution is 2.52. The summed E-state index contributed by atoms with van der Waals surface area (Å²) in [5.41, 5.74) is 2.93. The summed E-state index contributed by atoms with van der Waals surface area (Å²) in [6, 6.07) is 0.248. The molecule has 2 aliphatic carbocycles. The minimum Gasteiger partial charge on any atom is -0.483 e. The van der Waals surface area contributed by atoms with Gasteiger partial charge in [0.15, 0.2) is 10.9 Å². The summed E-state index contributed by atoms with van der Waals surface area (Å²) in [5.74, 6) is 1.58. The Balaban J connectivity index is 1.48. The molecule has 0 unspecified atom stereocenters. The maximum absolute atomic E-state index is 12.4. The Morgan fingerprint density at radius 1 is 1.17 bits per heavy atom. The van der Waals surface area contributed by atoms with E-state index in [2.05, 4.69) is 15.0 Å². The molecule has 5 rings (SSSR count). The lowest BCUT2D eigenvalue weighted by Crippen LogP contribution is -2.33. The van der Waals surface area contributed by atoms with E-state index in [0.29, 0.717) is 17.7 Å². The van der Waals surface area contributed by atoms with Crippen LogP contribution in [-0.4, -0.2) is 45.6 Å². The van der Waals surface area contributed by atoms with Crippen molar-refractivity contribution in [1.82, 2.24) is 19.7 Å². The van der Waals surface area contributed by atoms with Crippen LogP contribution in [0, 0.1) is 5.92 Å². The highest BCUT2D eigenvalue weighted by atomic mass is 32.1. The first-order valence-corrected chi connectivity index (χ1v) is 11.5. The zero-order chi connectivity index (χ0) is 21.0. The van der Waals surface area contributed by atoms with Crippen molar-refractivity contribution in [3.05, 3.63) is 11.4 Å². The van der Waals surface area contributed by atoms with Gasteiger partial charge < -0.3 is 15.0 Å². The van der Waals surface area contributed by atoms with Crippen molar-refractivity contribution in [1.29, 1.82) is 0 Å². The van der Waals surface area contributed by atoms with Crippen LogP contribution in [0.2, 0.25) is 0 Å². The molecule has 0 spiro atoms. The Morgan fingerprint density at radius 2 is 1.90 bits per heavy atom. The monoisotopic (exact) mass is 429 g/mol. The van der Waals surface area contributed by atoms with Gasteiger partial charge in [-0.3, -0.25) is 14.3 Å². The topological polar surface area (TPSA) is 89.3 Å². The Hall–Kier alpha value is -2.42. The van der Waals surface area contributed by atoms with Crippen LogP contribution in [0.25, 0.3) is 10.6 Å². The summed E-state index contributed by atoms with van der Waals surface area (Å²) >= 11 is 1.49. The van der Waals surface area contributed by atoms with Crippen LogP contribution in [-0.2, 0) is 16.2 Å². The van der Waals surface area contributed by atoms with E-state index in [-0.39, 0.29) is 23.8 Å². The molecule has 160 valence electrons. The Kier molecular flexibility index (Phi) is 4.80. The van der Waals surface area contributed by atoms with E-state index in [1.54, 1.807) is 4.90 Å². The molecule has 8 nitrogen and oxygen atoms in total. The number of amides is 2. The summed E-state index contributed by atoms with van der Waals surface area (Å²) in [6.45, 7) is 1.90. The standard InChI is InChI=1S/C21H27N5O3S/c1-11(27)22-21-23-15-10-29-18-16(12-4-5-12)24-26(17(18)19(15)30-21)14-8-6-13(7-9-14)20(28)25(2)3/h12-14H,4-10H2,1-3H3,(H,22,23,27). The van der Waals surface area contributed by atoms with Gasteiger partial charge in [-0.1, -0.05) is 11.3 Å². The van der Waals surface area contributed by atoms with Gasteiger partial charge in [0.05, 0.1) is 10.9 Å². The van der Waals surface area contributed by atoms with Crippen molar-refractivity contribution in [3.63, 3.8) is 0 Å². The first-order chi connectivity index (χ1) is 14.4. The third-order valence-electron chi connectivity index (χ3n) is 6.24. The fourth-order valence-corrected chi connectivity index (χ4v) is 5.64. The van der Waals surface area contributed by atoms with Gasteiger partial charge in [0.1, 0.15) is 23.7 Å². The van der Waals surface area contributed by atoms with Crippen LogP contribution in [0.5, 0.6) is 5.75 Å². The predicted octanol–water partition coefficient (Wildman–Crippen LogP) is 3.55. The number of thiazole rings is 1. The van der Waals surface area contributed by atoms with Gasteiger partial charge >= 0.3 is 0 Å². The normalized spacial score (nSPS) is 22.6. The zero-order valence-corrected chi connectivity index (χ0v) is 18.4. The number of anilines is 1. The second-order valence-corrected chi connectivity index (χ2v) is 9.78. The van der Waals surface area contributed by atoms with Gasteiger partial charge in [-0.25, -0.2) is 4.98 Å². The molecule has 1 N–H and O–H groups in total. The molecule has 2 fully saturated rings. The lowest BCUT2D eigenvalue weighted by atomic mass is 9.85. The number of nitrogens with one attached hydrogen (secondary N) is 1. The summed E-state index contributed by atoms with van der Waals surface area (Å²) in [6.07, 6.45) is 5.92. The molecule has 3 aliphatic rings. The zero-order valence-electron chi connectivity index (χ0n) is 17.6. The molecule has 1 aliphatic heterocycles. The van der Waals surface area contributed by atoms with Crippen LogP contribution in [0.4, 0.5) is 5.13 Å². The number of ether oxygens (including phenoxy) is 1. The number of carbonyl (C=O) groups excluding carboxylic acids is 2. The Labute approximate surface area is 179 Å². The molecule has 0 atom stereocenters. The van der Waals surface area contributed by atoms with Crippen LogP contribution in [0.15, 0.2) is 0 Å². The average molecular weight is 430 g/mol. The molecule has 0 aromatic carbocycles. The average Bonchev–Trinajstić information content (AvgIpc) is 3.36. The maximum Gasteiger partial charge on any atom is 0.225 e. The summed E-state index contributed by atoms with van der Waals surface area (Å²) in [5, 5.41) is 8.44. The molecule has 2 amide bonds. The summed E-state index contributed by atoms with van der Waals surface area (Å²) in [7, 11) is 3.66. The maximum atomic E-state index is 12.4. The lowest BCUT2D eigenvalue weighted by Gasteiger charge is -2.30. The fraction of sp³-hybridized carbons (Fsp3) is 0.619. The molecule has 2 aromatic rings. The van der Waals surface area contributed by atoms with Crippen LogP contribution >= 0.6 is 11.3 Å². The third-order valence-corrected chi connectivity index (χ3v) is 7.26. The first kappa shape index (κ1) is 19.5. The van der Waals surface area contributed by atoms with Crippen LogP contribution < -0.4 is 10.1 Å². The second-order valence-electron chi connectivity index (χ2n) is 8.78. The van der Waals surface area contributed by atoms with E-state index in [0.717, 1.165) is 66.2 Å². The van der Waals surface area contributed by atoms with Crippen molar-refractivity contribution >= 4 is 28.3 Å². The second kappa shape index (κ2) is 7.37. The van der Waals surface area contributed by atoms with Gasteiger partial charge in [0, 0.05) is 32.9 Å². The smallest absolute Gasteiger partial charge is 0.225 e. The molecular formula is C21H27N5O3S. The highest BCUT2D eigenvalue weighted by Gasteiger charge is 2.39. The van der Waals surface area contributed by atoms with Gasteiger partial charge in [0.25, 0.3) is 0 Å². The van der Waals surface area contributed by atoms with Gasteiger partial charge in [-0.2, -0.15) is 5.10 Å². The molecular weight excluding hydrogens is 402 g/mol. The van der Waals surface area contributed by atoms with Crippen molar-refractivity contribution in [2.75, 3.05) is 19.4 Å². The summed E-state index contributed by atoms with van der Waals surface area (Å²) < 4.78 is 8.30. The van der Waals surface area contributed by atoms with E-state index in [9.17, 15) is 9.59 Å². The van der Waals surface area contributed by atoms with Gasteiger partial charge in [0.2, 0.25) is 11.8 Å². The number of hydrogen-bond acceptors (Lipinski definition) is 6. The first-order valence-electron chi connectivity index (χ1n) is 10.7. The fourth-order valence-electron chi connectivity index (χ4n) is 4.59. The number of carbonyl (C=O) groups is 2. The van der Waals surface area contributed by atoms with E-state index >= 15 is 0 Å². The molecule has 0 bridgehead atoms. The van der Waals surface area contributed by atoms with Gasteiger partial charge in [-0.15, -0.1) is 0 Å². The number of aromatic nitrogens is 3. The number of fused-ring (bicyclic) bond motifs is 3. The Bertz CT molecular complexity index is 999. The quantitative estimate of drug-likeness (QED) is 0.803. The van der Waals surface area contributed by atoms with Crippen molar-refractivity contribution in [3.8, 4) is 16.3 Å². The van der Waals surface area contributed by atoms with Crippen molar-refractivity contribution in [2.45, 2.75) is 64.0 Å². The Morgan fingerprint density at radius 3 is 2.53 bits per heavy atom. The highest BCUT2D eigenvalue weighted by molar-refractivity contribution is 7.19. The SMILES string of the molecule is CC(=O)Nc1nc2c(s1)-c1c(c(C3CC3)nn1C1CCC(C(=O)N(C)C)CC1)OC2. The lowest BCUT2D eigenvalue weighted by molar-refractivity contribution is -0.134. The minimum atomic E-state index is -0.127. The number of nitrogens with zero attached hydrogens (tertiary/aromatic N) is 4. The number of rotatable bonds is 4. The summed E-state index contributed by atoms with van der Waals surface area (Å²) in [4.78, 5) is 31.2. The van der Waals surface area contributed by atoms with E-state index in [1.165, 1.54) is 18.3 Å². The van der Waals surface area contributed by atoms with Gasteiger partial charge in [-0.05, 0) is 38.5 Å². The molecule has 3 heterocycles. The van der Waals surface area contributed by atoms with Crippen molar-refractivity contribution in [2.24, 2.45) is 5.92 Å². The van der Waals surface area contributed by atoms with Crippen molar-refractivity contribution < 1.29 is 14.3 Å². The largest absolute Gasteiger partial charge is 0.483 e.